The minimum Gasteiger partial charge on any atom is -0.520 e. The summed E-state index contributed by atoms with van der Waals surface area (Å²) >= 11 is 0. The Bertz CT molecular complexity index is 430. The van der Waals surface area contributed by atoms with Gasteiger partial charge in [-0.1, -0.05) is 84.4 Å². The summed E-state index contributed by atoms with van der Waals surface area (Å²) in [7, 11) is -2.11. The average Bonchev–Trinajstić information content (AvgIpc) is 2.63. The van der Waals surface area contributed by atoms with Crippen LogP contribution in [-0.4, -0.2) is 15.2 Å². The zero-order chi connectivity index (χ0) is 17.7. The third-order valence-electron chi connectivity index (χ3n) is 4.84. The molecule has 0 aliphatic rings. The fourth-order valence-electron chi connectivity index (χ4n) is 3.04. The van der Waals surface area contributed by atoms with Crippen molar-refractivity contribution >= 4 is 8.56 Å². The molecule has 2 nitrogen and oxygen atoms in total. The number of hydrogen-bond donors (Lipinski definition) is 0. The molecule has 1 rings (SSSR count). The number of aryl methyl sites for hydroxylation is 1. The van der Waals surface area contributed by atoms with E-state index >= 15 is 0 Å². The molecule has 24 heavy (non-hydrogen) atoms. The highest BCUT2D eigenvalue weighted by Crippen LogP contribution is 2.27. The number of para-hydroxylation sites is 1. The van der Waals surface area contributed by atoms with Crippen molar-refractivity contribution in [2.75, 3.05) is 6.61 Å². The van der Waals surface area contributed by atoms with Gasteiger partial charge in [0.15, 0.2) is 0 Å². The first-order valence-corrected chi connectivity index (χ1v) is 12.3. The molecule has 0 amide bonds. The lowest BCUT2D eigenvalue weighted by atomic mass is 10.1. The van der Waals surface area contributed by atoms with Crippen LogP contribution in [0.2, 0.25) is 12.1 Å². The van der Waals surface area contributed by atoms with Crippen LogP contribution in [0.25, 0.3) is 0 Å². The van der Waals surface area contributed by atoms with Gasteiger partial charge >= 0.3 is 8.56 Å². The van der Waals surface area contributed by atoms with Crippen LogP contribution in [0.1, 0.15) is 78.2 Å². The molecule has 0 saturated heterocycles. The second-order valence-corrected chi connectivity index (χ2v) is 10.4. The molecular weight excluding hydrogens is 312 g/mol. The molecule has 0 saturated carbocycles. The van der Waals surface area contributed by atoms with E-state index in [-0.39, 0.29) is 0 Å². The molecule has 3 heteroatoms. The van der Waals surface area contributed by atoms with Gasteiger partial charge < -0.3 is 8.85 Å². The van der Waals surface area contributed by atoms with Crippen LogP contribution in [0, 0.1) is 0 Å². The third kappa shape index (κ3) is 7.39. The van der Waals surface area contributed by atoms with Crippen molar-refractivity contribution in [3.8, 4) is 5.75 Å². The van der Waals surface area contributed by atoms with Gasteiger partial charge in [-0.2, -0.15) is 0 Å². The predicted molar refractivity (Wildman–Crippen MR) is 107 cm³/mol. The summed E-state index contributed by atoms with van der Waals surface area (Å²) in [6, 6.07) is 10.4. The maximum Gasteiger partial charge on any atom is 0.398 e. The number of unbranched alkanes of at least 4 members (excludes halogenated alkanes) is 6. The van der Waals surface area contributed by atoms with E-state index in [2.05, 4.69) is 52.0 Å². The number of rotatable bonds is 14. The first-order valence-electron chi connectivity index (χ1n) is 10.1. The molecular formula is C21H38O2Si. The Balaban J connectivity index is 2.44. The van der Waals surface area contributed by atoms with Crippen LogP contribution < -0.4 is 4.43 Å². The molecule has 0 aliphatic heterocycles. The molecule has 0 fully saturated rings. The summed E-state index contributed by atoms with van der Waals surface area (Å²) in [5.74, 6) is 1.04. The minimum atomic E-state index is -2.11. The second kappa shape index (κ2) is 12.5. The Hall–Kier alpha value is -0.803. The summed E-state index contributed by atoms with van der Waals surface area (Å²) < 4.78 is 12.9. The van der Waals surface area contributed by atoms with Gasteiger partial charge in [0.2, 0.25) is 0 Å². The molecule has 0 aliphatic carbocycles. The molecule has 0 N–H and O–H groups in total. The summed E-state index contributed by atoms with van der Waals surface area (Å²) in [5, 5.41) is 0. The number of hydrogen-bond acceptors (Lipinski definition) is 2. The van der Waals surface area contributed by atoms with Crippen molar-refractivity contribution < 1.29 is 8.85 Å². The molecule has 1 aromatic rings. The molecule has 0 radical (unpaired) electrons. The SMILES string of the molecule is CCCCCCCCCO[Si](CC)(CC)Oc1ccccc1CC. The van der Waals surface area contributed by atoms with Crippen LogP contribution in [-0.2, 0) is 10.8 Å². The minimum absolute atomic E-state index is 0.857. The van der Waals surface area contributed by atoms with E-state index in [0.29, 0.717) is 0 Å². The van der Waals surface area contributed by atoms with Crippen LogP contribution in [0.5, 0.6) is 5.75 Å². The molecule has 0 atom stereocenters. The molecule has 0 unspecified atom stereocenters. The summed E-state index contributed by atoms with van der Waals surface area (Å²) in [4.78, 5) is 0. The Morgan fingerprint density at radius 2 is 1.42 bits per heavy atom. The maximum absolute atomic E-state index is 6.50. The monoisotopic (exact) mass is 350 g/mol. The molecule has 138 valence electrons. The highest BCUT2D eigenvalue weighted by molar-refractivity contribution is 6.68. The van der Waals surface area contributed by atoms with Gasteiger partial charge in [0, 0.05) is 6.61 Å². The van der Waals surface area contributed by atoms with E-state index in [4.69, 9.17) is 8.85 Å². The van der Waals surface area contributed by atoms with E-state index in [1.165, 1.54) is 50.5 Å². The molecule has 0 bridgehead atoms. The first kappa shape index (κ1) is 21.2. The lowest BCUT2D eigenvalue weighted by molar-refractivity contribution is 0.230. The van der Waals surface area contributed by atoms with E-state index in [1.54, 1.807) is 0 Å². The van der Waals surface area contributed by atoms with E-state index in [9.17, 15) is 0 Å². The Labute approximate surface area is 151 Å². The van der Waals surface area contributed by atoms with Crippen molar-refractivity contribution in [1.82, 2.24) is 0 Å². The fraction of sp³-hybridized carbons (Fsp3) is 0.714. The van der Waals surface area contributed by atoms with Crippen molar-refractivity contribution in [1.29, 1.82) is 0 Å². The smallest absolute Gasteiger partial charge is 0.398 e. The Morgan fingerprint density at radius 3 is 2.04 bits per heavy atom. The van der Waals surface area contributed by atoms with Gasteiger partial charge in [-0.15, -0.1) is 0 Å². The van der Waals surface area contributed by atoms with Crippen LogP contribution in [0.15, 0.2) is 24.3 Å². The standard InChI is InChI=1S/C21H38O2Si/c1-5-9-10-11-12-13-16-19-22-24(7-3,8-4)23-21-18-15-14-17-20(21)6-2/h14-15,17-18H,5-13,16,19H2,1-4H3. The van der Waals surface area contributed by atoms with Gasteiger partial charge in [0.25, 0.3) is 0 Å². The van der Waals surface area contributed by atoms with Gasteiger partial charge in [-0.3, -0.25) is 0 Å². The molecule has 0 spiro atoms. The molecule has 0 aromatic heterocycles. The topological polar surface area (TPSA) is 18.5 Å². The van der Waals surface area contributed by atoms with Gasteiger partial charge in [-0.05, 0) is 36.6 Å². The van der Waals surface area contributed by atoms with E-state index in [0.717, 1.165) is 30.9 Å². The van der Waals surface area contributed by atoms with Gasteiger partial charge in [0.05, 0.1) is 0 Å². The summed E-state index contributed by atoms with van der Waals surface area (Å²) in [6.45, 7) is 9.74. The summed E-state index contributed by atoms with van der Waals surface area (Å²) in [5.41, 5.74) is 1.29. The van der Waals surface area contributed by atoms with E-state index < -0.39 is 8.56 Å². The highest BCUT2D eigenvalue weighted by atomic mass is 28.4. The molecule has 0 heterocycles. The second-order valence-electron chi connectivity index (χ2n) is 6.65. The van der Waals surface area contributed by atoms with Crippen LogP contribution >= 0.6 is 0 Å². The zero-order valence-corrected chi connectivity index (χ0v) is 17.4. The van der Waals surface area contributed by atoms with Gasteiger partial charge in [-0.25, -0.2) is 0 Å². The normalized spacial score (nSPS) is 11.7. The van der Waals surface area contributed by atoms with Crippen LogP contribution in [0.3, 0.4) is 0 Å². The predicted octanol–water partition coefficient (Wildman–Crippen LogP) is 6.88. The Kier molecular flexibility index (Phi) is 11.1. The summed E-state index contributed by atoms with van der Waals surface area (Å²) in [6.07, 6.45) is 10.3. The van der Waals surface area contributed by atoms with Crippen molar-refractivity contribution in [2.45, 2.75) is 91.1 Å². The zero-order valence-electron chi connectivity index (χ0n) is 16.4. The molecule has 1 aromatic carbocycles. The van der Waals surface area contributed by atoms with Gasteiger partial charge in [0.1, 0.15) is 5.75 Å². The fourth-order valence-corrected chi connectivity index (χ4v) is 5.41. The van der Waals surface area contributed by atoms with Crippen molar-refractivity contribution in [3.63, 3.8) is 0 Å². The largest absolute Gasteiger partial charge is 0.520 e. The van der Waals surface area contributed by atoms with Crippen LogP contribution in [0.4, 0.5) is 0 Å². The van der Waals surface area contributed by atoms with E-state index in [1.807, 2.05) is 0 Å². The number of benzene rings is 1. The average molecular weight is 351 g/mol. The highest BCUT2D eigenvalue weighted by Gasteiger charge is 2.36. The van der Waals surface area contributed by atoms with Crippen molar-refractivity contribution in [2.24, 2.45) is 0 Å². The van der Waals surface area contributed by atoms with Crippen molar-refractivity contribution in [3.05, 3.63) is 29.8 Å². The quantitative estimate of drug-likeness (QED) is 0.269. The lowest BCUT2D eigenvalue weighted by Crippen LogP contribution is -2.44. The lowest BCUT2D eigenvalue weighted by Gasteiger charge is -2.30. The maximum atomic E-state index is 6.50. The Morgan fingerprint density at radius 1 is 0.792 bits per heavy atom. The third-order valence-corrected chi connectivity index (χ3v) is 8.32. The first-order chi connectivity index (χ1) is 11.7.